The maximum atomic E-state index is 12.4. The maximum absolute atomic E-state index is 12.4. The summed E-state index contributed by atoms with van der Waals surface area (Å²) in [6.45, 7) is 2.37. The van der Waals surface area contributed by atoms with Gasteiger partial charge >= 0.3 is 0 Å². The van der Waals surface area contributed by atoms with Crippen LogP contribution in [-0.2, 0) is 10.0 Å². The highest BCUT2D eigenvalue weighted by molar-refractivity contribution is 7.92. The van der Waals surface area contributed by atoms with Gasteiger partial charge in [-0.05, 0) is 43.3 Å². The number of ether oxygens (including phenoxy) is 2. The number of carbonyl (C=O) groups is 1. The van der Waals surface area contributed by atoms with E-state index in [0.29, 0.717) is 29.4 Å². The van der Waals surface area contributed by atoms with Crippen molar-refractivity contribution in [2.24, 2.45) is 0 Å². The summed E-state index contributed by atoms with van der Waals surface area (Å²) in [5, 5.41) is 2.72. The van der Waals surface area contributed by atoms with E-state index in [1.165, 1.54) is 13.2 Å². The highest BCUT2D eigenvalue weighted by Gasteiger charge is 2.12. The number of anilines is 2. The zero-order valence-corrected chi connectivity index (χ0v) is 15.0. The third kappa shape index (κ3) is 5.39. The fourth-order valence-electron chi connectivity index (χ4n) is 2.16. The fourth-order valence-corrected chi connectivity index (χ4v) is 2.72. The molecule has 25 heavy (non-hydrogen) atoms. The van der Waals surface area contributed by atoms with E-state index in [1.54, 1.807) is 36.4 Å². The Bertz CT molecular complexity index is 865. The van der Waals surface area contributed by atoms with Gasteiger partial charge in [0.15, 0.2) is 0 Å². The van der Waals surface area contributed by atoms with Crippen molar-refractivity contribution in [2.45, 2.75) is 6.92 Å². The first-order valence-electron chi connectivity index (χ1n) is 7.52. The maximum Gasteiger partial charge on any atom is 0.255 e. The Labute approximate surface area is 147 Å². The largest absolute Gasteiger partial charge is 0.495 e. The first-order valence-corrected chi connectivity index (χ1v) is 9.41. The summed E-state index contributed by atoms with van der Waals surface area (Å²) in [5.74, 6) is 0.614. The van der Waals surface area contributed by atoms with Crippen molar-refractivity contribution in [2.75, 3.05) is 30.0 Å². The number of carbonyl (C=O) groups excluding carboxylic acids is 1. The van der Waals surface area contributed by atoms with Gasteiger partial charge in [0, 0.05) is 11.3 Å². The summed E-state index contributed by atoms with van der Waals surface area (Å²) in [6.07, 6.45) is 1.04. The van der Waals surface area contributed by atoms with Gasteiger partial charge < -0.3 is 14.8 Å². The van der Waals surface area contributed by atoms with Crippen LogP contribution in [0, 0.1) is 0 Å². The molecule has 0 aliphatic carbocycles. The molecule has 2 N–H and O–H groups in total. The first kappa shape index (κ1) is 18.6. The summed E-state index contributed by atoms with van der Waals surface area (Å²) in [6, 6.07) is 11.5. The van der Waals surface area contributed by atoms with Crippen LogP contribution in [-0.4, -0.2) is 34.3 Å². The molecule has 7 nitrogen and oxygen atoms in total. The molecule has 0 unspecified atom stereocenters. The van der Waals surface area contributed by atoms with Crippen molar-refractivity contribution < 1.29 is 22.7 Å². The van der Waals surface area contributed by atoms with Crippen molar-refractivity contribution in [3.8, 4) is 11.5 Å². The van der Waals surface area contributed by atoms with Crippen LogP contribution in [0.2, 0.25) is 0 Å². The third-order valence-corrected chi connectivity index (χ3v) is 3.75. The quantitative estimate of drug-likeness (QED) is 0.788. The van der Waals surface area contributed by atoms with Crippen molar-refractivity contribution in [1.29, 1.82) is 0 Å². The van der Waals surface area contributed by atoms with E-state index in [1.807, 2.05) is 6.92 Å². The monoisotopic (exact) mass is 364 g/mol. The van der Waals surface area contributed by atoms with Crippen LogP contribution in [0.15, 0.2) is 42.5 Å². The van der Waals surface area contributed by atoms with Gasteiger partial charge in [-0.1, -0.05) is 6.07 Å². The molecule has 2 rings (SSSR count). The standard InChI is InChI=1S/C17H20N2O5S/c1-4-24-14-7-5-6-12(10-14)17(20)18-13-8-9-16(23-2)15(11-13)19-25(3,21)22/h5-11,19H,4H2,1-3H3,(H,18,20). The number of methoxy groups -OCH3 is 1. The molecule has 0 saturated carbocycles. The van der Waals surface area contributed by atoms with Gasteiger partial charge in [-0.3, -0.25) is 9.52 Å². The molecule has 2 aromatic carbocycles. The molecule has 1 amide bonds. The van der Waals surface area contributed by atoms with Gasteiger partial charge in [0.2, 0.25) is 10.0 Å². The van der Waals surface area contributed by atoms with Gasteiger partial charge in [0.25, 0.3) is 5.91 Å². The molecule has 8 heteroatoms. The van der Waals surface area contributed by atoms with Crippen LogP contribution >= 0.6 is 0 Å². The highest BCUT2D eigenvalue weighted by atomic mass is 32.2. The topological polar surface area (TPSA) is 93.7 Å². The van der Waals surface area contributed by atoms with E-state index in [-0.39, 0.29) is 11.6 Å². The first-order chi connectivity index (χ1) is 11.8. The Hall–Kier alpha value is -2.74. The fraction of sp³-hybridized carbons (Fsp3) is 0.235. The van der Waals surface area contributed by atoms with Crippen molar-refractivity contribution in [3.63, 3.8) is 0 Å². The minimum Gasteiger partial charge on any atom is -0.495 e. The molecular formula is C17H20N2O5S. The molecule has 0 aromatic heterocycles. The molecule has 0 atom stereocenters. The lowest BCUT2D eigenvalue weighted by atomic mass is 10.2. The van der Waals surface area contributed by atoms with Gasteiger partial charge in [0.05, 0.1) is 25.7 Å². The lowest BCUT2D eigenvalue weighted by Gasteiger charge is -2.13. The van der Waals surface area contributed by atoms with E-state index in [2.05, 4.69) is 10.0 Å². The Morgan fingerprint density at radius 3 is 2.56 bits per heavy atom. The van der Waals surface area contributed by atoms with Crippen molar-refractivity contribution in [3.05, 3.63) is 48.0 Å². The van der Waals surface area contributed by atoms with Crippen LogP contribution < -0.4 is 19.5 Å². The Morgan fingerprint density at radius 1 is 1.16 bits per heavy atom. The van der Waals surface area contributed by atoms with Gasteiger partial charge in [-0.15, -0.1) is 0 Å². The van der Waals surface area contributed by atoms with Gasteiger partial charge in [0.1, 0.15) is 11.5 Å². The number of amides is 1. The van der Waals surface area contributed by atoms with Crippen LogP contribution in [0.5, 0.6) is 11.5 Å². The molecular weight excluding hydrogens is 344 g/mol. The minimum absolute atomic E-state index is 0.242. The number of nitrogens with one attached hydrogen (secondary N) is 2. The number of hydrogen-bond acceptors (Lipinski definition) is 5. The van der Waals surface area contributed by atoms with Crippen LogP contribution in [0.25, 0.3) is 0 Å². The van der Waals surface area contributed by atoms with Crippen LogP contribution in [0.4, 0.5) is 11.4 Å². The van der Waals surface area contributed by atoms with E-state index >= 15 is 0 Å². The second-order valence-electron chi connectivity index (χ2n) is 5.20. The molecule has 0 spiro atoms. The average Bonchev–Trinajstić information content (AvgIpc) is 2.54. The molecule has 134 valence electrons. The van der Waals surface area contributed by atoms with Crippen molar-refractivity contribution >= 4 is 27.3 Å². The number of rotatable bonds is 7. The minimum atomic E-state index is -3.48. The Morgan fingerprint density at radius 2 is 1.92 bits per heavy atom. The molecule has 0 heterocycles. The molecule has 0 aliphatic heterocycles. The lowest BCUT2D eigenvalue weighted by Crippen LogP contribution is -2.14. The van der Waals surface area contributed by atoms with Gasteiger partial charge in [-0.25, -0.2) is 8.42 Å². The summed E-state index contributed by atoms with van der Waals surface area (Å²) in [7, 11) is -2.05. The van der Waals surface area contributed by atoms with Crippen LogP contribution in [0.3, 0.4) is 0 Å². The predicted octanol–water partition coefficient (Wildman–Crippen LogP) is 2.72. The van der Waals surface area contributed by atoms with Gasteiger partial charge in [-0.2, -0.15) is 0 Å². The summed E-state index contributed by atoms with van der Waals surface area (Å²) < 4.78 is 35.8. The molecule has 0 aliphatic rings. The second kappa shape index (κ2) is 7.89. The number of sulfonamides is 1. The van der Waals surface area contributed by atoms with E-state index in [4.69, 9.17) is 9.47 Å². The lowest BCUT2D eigenvalue weighted by molar-refractivity contribution is 0.102. The zero-order chi connectivity index (χ0) is 18.4. The average molecular weight is 364 g/mol. The Balaban J connectivity index is 2.23. The number of hydrogen-bond donors (Lipinski definition) is 2. The van der Waals surface area contributed by atoms with Crippen molar-refractivity contribution in [1.82, 2.24) is 0 Å². The van der Waals surface area contributed by atoms with E-state index in [9.17, 15) is 13.2 Å². The molecule has 0 saturated heterocycles. The predicted molar refractivity (Wildman–Crippen MR) is 97.0 cm³/mol. The molecule has 2 aromatic rings. The summed E-state index contributed by atoms with van der Waals surface area (Å²) in [4.78, 5) is 12.4. The van der Waals surface area contributed by atoms with Crippen LogP contribution in [0.1, 0.15) is 17.3 Å². The Kier molecular flexibility index (Phi) is 5.87. The summed E-state index contributed by atoms with van der Waals surface area (Å²) in [5.41, 5.74) is 1.10. The molecule has 0 radical (unpaired) electrons. The number of benzene rings is 2. The second-order valence-corrected chi connectivity index (χ2v) is 6.95. The van der Waals surface area contributed by atoms with E-state index < -0.39 is 10.0 Å². The zero-order valence-electron chi connectivity index (χ0n) is 14.2. The smallest absolute Gasteiger partial charge is 0.255 e. The summed E-state index contributed by atoms with van der Waals surface area (Å²) >= 11 is 0. The SMILES string of the molecule is CCOc1cccc(C(=O)Nc2ccc(OC)c(NS(C)(=O)=O)c2)c1. The highest BCUT2D eigenvalue weighted by Crippen LogP contribution is 2.29. The van der Waals surface area contributed by atoms with E-state index in [0.717, 1.165) is 6.26 Å². The normalized spacial score (nSPS) is 10.8. The molecule has 0 bridgehead atoms. The molecule has 0 fully saturated rings. The third-order valence-electron chi connectivity index (χ3n) is 3.16.